The zero-order valence-corrected chi connectivity index (χ0v) is 10.3. The molecule has 15 heavy (non-hydrogen) atoms. The van der Waals surface area contributed by atoms with E-state index in [2.05, 4.69) is 10.1 Å². The summed E-state index contributed by atoms with van der Waals surface area (Å²) >= 11 is 1.81. The van der Waals surface area contributed by atoms with Gasteiger partial charge in [-0.05, 0) is 19.1 Å². The Labute approximate surface area is 95.8 Å². The van der Waals surface area contributed by atoms with Gasteiger partial charge in [0, 0.05) is 24.9 Å². The van der Waals surface area contributed by atoms with Crippen molar-refractivity contribution in [3.8, 4) is 0 Å². The molecule has 90 valence electrons. The largest absolute Gasteiger partial charge is 0.469 e. The number of carbonyl (C=O) groups is 1. The van der Waals surface area contributed by atoms with E-state index < -0.39 is 0 Å². The van der Waals surface area contributed by atoms with E-state index in [1.165, 1.54) is 7.11 Å². The van der Waals surface area contributed by atoms with Gasteiger partial charge in [-0.15, -0.1) is 0 Å². The normalized spacial score (nSPS) is 12.5. The Morgan fingerprint density at radius 1 is 1.53 bits per heavy atom. The number of aliphatic hydroxyl groups is 1. The van der Waals surface area contributed by atoms with E-state index in [0.29, 0.717) is 6.42 Å². The topological polar surface area (TPSA) is 58.6 Å². The standard InChI is InChI=1S/C10H21NO3S/c1-9(8-10(13)14-2)11-4-7-15-6-3-5-12/h9,11-12H,3-8H2,1-2H3. The first-order valence-corrected chi connectivity index (χ1v) is 6.35. The molecule has 0 aliphatic rings. The second-order valence-corrected chi connectivity index (χ2v) is 4.55. The second-order valence-electron chi connectivity index (χ2n) is 3.32. The summed E-state index contributed by atoms with van der Waals surface area (Å²) in [6.07, 6.45) is 1.26. The number of hydrogen-bond acceptors (Lipinski definition) is 5. The average Bonchev–Trinajstić information content (AvgIpc) is 2.23. The fourth-order valence-corrected chi connectivity index (χ4v) is 1.85. The van der Waals surface area contributed by atoms with Crippen LogP contribution in [0, 0.1) is 0 Å². The Morgan fingerprint density at radius 3 is 2.87 bits per heavy atom. The summed E-state index contributed by atoms with van der Waals surface area (Å²) in [7, 11) is 1.40. The molecule has 0 saturated carbocycles. The number of aliphatic hydroxyl groups excluding tert-OH is 1. The van der Waals surface area contributed by atoms with E-state index in [9.17, 15) is 4.79 Å². The van der Waals surface area contributed by atoms with Gasteiger partial charge in [0.15, 0.2) is 0 Å². The van der Waals surface area contributed by atoms with Crippen LogP contribution in [0.15, 0.2) is 0 Å². The molecule has 0 aromatic carbocycles. The minimum Gasteiger partial charge on any atom is -0.469 e. The molecule has 0 aromatic heterocycles. The van der Waals surface area contributed by atoms with Crippen molar-refractivity contribution in [2.75, 3.05) is 31.8 Å². The Morgan fingerprint density at radius 2 is 2.27 bits per heavy atom. The molecule has 4 nitrogen and oxygen atoms in total. The first-order valence-electron chi connectivity index (χ1n) is 5.19. The molecule has 0 aliphatic carbocycles. The molecule has 1 atom stereocenters. The lowest BCUT2D eigenvalue weighted by atomic mass is 10.2. The quantitative estimate of drug-likeness (QED) is 0.454. The van der Waals surface area contributed by atoms with Gasteiger partial charge >= 0.3 is 5.97 Å². The van der Waals surface area contributed by atoms with Crippen LogP contribution in [0.1, 0.15) is 19.8 Å². The number of nitrogens with one attached hydrogen (secondary N) is 1. The van der Waals surface area contributed by atoms with Crippen LogP contribution in [0.4, 0.5) is 0 Å². The van der Waals surface area contributed by atoms with Crippen molar-refractivity contribution in [3.63, 3.8) is 0 Å². The third kappa shape index (κ3) is 10.0. The van der Waals surface area contributed by atoms with Gasteiger partial charge < -0.3 is 15.2 Å². The predicted octanol–water partition coefficient (Wildman–Crippen LogP) is 0.643. The van der Waals surface area contributed by atoms with Crippen molar-refractivity contribution in [2.24, 2.45) is 0 Å². The molecule has 0 bridgehead atoms. The molecule has 0 fully saturated rings. The van der Waals surface area contributed by atoms with E-state index in [0.717, 1.165) is 24.5 Å². The maximum Gasteiger partial charge on any atom is 0.307 e. The number of carbonyl (C=O) groups excluding carboxylic acids is 1. The Balaban J connectivity index is 3.23. The van der Waals surface area contributed by atoms with Crippen molar-refractivity contribution >= 4 is 17.7 Å². The first-order chi connectivity index (χ1) is 7.20. The number of esters is 1. The zero-order chi connectivity index (χ0) is 11.5. The molecule has 5 heteroatoms. The van der Waals surface area contributed by atoms with Crippen molar-refractivity contribution in [1.82, 2.24) is 5.32 Å². The van der Waals surface area contributed by atoms with Crippen LogP contribution in [0.25, 0.3) is 0 Å². The summed E-state index contributed by atoms with van der Waals surface area (Å²) in [5.41, 5.74) is 0. The molecule has 0 saturated heterocycles. The first kappa shape index (κ1) is 14.7. The second kappa shape index (κ2) is 10.3. The summed E-state index contributed by atoms with van der Waals surface area (Å²) < 4.78 is 4.57. The minimum absolute atomic E-state index is 0.163. The summed E-state index contributed by atoms with van der Waals surface area (Å²) in [5, 5.41) is 11.8. The summed E-state index contributed by atoms with van der Waals surface area (Å²) in [6, 6.07) is 0.163. The van der Waals surface area contributed by atoms with Gasteiger partial charge in [-0.25, -0.2) is 0 Å². The van der Waals surface area contributed by atoms with Crippen molar-refractivity contribution in [3.05, 3.63) is 0 Å². The fraction of sp³-hybridized carbons (Fsp3) is 0.900. The maximum atomic E-state index is 10.9. The highest BCUT2D eigenvalue weighted by molar-refractivity contribution is 7.99. The van der Waals surface area contributed by atoms with Crippen LogP contribution in [-0.4, -0.2) is 48.9 Å². The van der Waals surface area contributed by atoms with Crippen LogP contribution in [0.2, 0.25) is 0 Å². The van der Waals surface area contributed by atoms with Crippen molar-refractivity contribution in [2.45, 2.75) is 25.8 Å². The lowest BCUT2D eigenvalue weighted by Crippen LogP contribution is -2.30. The molecule has 0 aliphatic heterocycles. The summed E-state index contributed by atoms with van der Waals surface area (Å²) in [6.45, 7) is 3.11. The van der Waals surface area contributed by atoms with Crippen molar-refractivity contribution < 1.29 is 14.6 Å². The molecule has 0 aromatic rings. The van der Waals surface area contributed by atoms with Crippen LogP contribution in [0.5, 0.6) is 0 Å². The summed E-state index contributed by atoms with van der Waals surface area (Å²) in [4.78, 5) is 10.9. The van der Waals surface area contributed by atoms with E-state index in [1.54, 1.807) is 11.8 Å². The Bertz CT molecular complexity index is 167. The monoisotopic (exact) mass is 235 g/mol. The fourth-order valence-electron chi connectivity index (χ4n) is 1.05. The zero-order valence-electron chi connectivity index (χ0n) is 9.49. The lowest BCUT2D eigenvalue weighted by Gasteiger charge is -2.11. The van der Waals surface area contributed by atoms with Gasteiger partial charge in [0.1, 0.15) is 0 Å². The number of rotatable bonds is 9. The van der Waals surface area contributed by atoms with Crippen LogP contribution >= 0.6 is 11.8 Å². The van der Waals surface area contributed by atoms with Gasteiger partial charge in [-0.1, -0.05) is 0 Å². The van der Waals surface area contributed by atoms with Crippen LogP contribution in [-0.2, 0) is 9.53 Å². The van der Waals surface area contributed by atoms with E-state index in [4.69, 9.17) is 5.11 Å². The molecular weight excluding hydrogens is 214 g/mol. The van der Waals surface area contributed by atoms with Crippen LogP contribution in [0.3, 0.4) is 0 Å². The maximum absolute atomic E-state index is 10.9. The van der Waals surface area contributed by atoms with Gasteiger partial charge in [0.05, 0.1) is 13.5 Å². The van der Waals surface area contributed by atoms with Gasteiger partial charge in [0.2, 0.25) is 0 Å². The lowest BCUT2D eigenvalue weighted by molar-refractivity contribution is -0.141. The summed E-state index contributed by atoms with van der Waals surface area (Å²) in [5.74, 6) is 1.82. The third-order valence-corrected chi connectivity index (χ3v) is 2.96. The molecular formula is C10H21NO3S. The highest BCUT2D eigenvalue weighted by Crippen LogP contribution is 2.01. The number of thioether (sulfide) groups is 1. The molecule has 0 spiro atoms. The highest BCUT2D eigenvalue weighted by atomic mass is 32.2. The highest BCUT2D eigenvalue weighted by Gasteiger charge is 2.07. The molecule has 2 N–H and O–H groups in total. The minimum atomic E-state index is -0.178. The predicted molar refractivity (Wildman–Crippen MR) is 63.1 cm³/mol. The molecule has 1 unspecified atom stereocenters. The van der Waals surface area contributed by atoms with E-state index in [1.807, 2.05) is 6.92 Å². The molecule has 0 amide bonds. The third-order valence-electron chi connectivity index (χ3n) is 1.89. The average molecular weight is 235 g/mol. The number of methoxy groups -OCH3 is 1. The molecule has 0 rings (SSSR count). The number of hydrogen-bond donors (Lipinski definition) is 2. The van der Waals surface area contributed by atoms with Crippen LogP contribution < -0.4 is 5.32 Å². The van der Waals surface area contributed by atoms with E-state index >= 15 is 0 Å². The molecule has 0 heterocycles. The smallest absolute Gasteiger partial charge is 0.307 e. The SMILES string of the molecule is COC(=O)CC(C)NCCSCCCO. The Kier molecular flexibility index (Phi) is 10.1. The molecule has 0 radical (unpaired) electrons. The van der Waals surface area contributed by atoms with Gasteiger partial charge in [0.25, 0.3) is 0 Å². The Hall–Kier alpha value is -0.260. The van der Waals surface area contributed by atoms with Crippen molar-refractivity contribution in [1.29, 1.82) is 0 Å². The van der Waals surface area contributed by atoms with Gasteiger partial charge in [-0.2, -0.15) is 11.8 Å². The van der Waals surface area contributed by atoms with E-state index in [-0.39, 0.29) is 18.6 Å². The number of ether oxygens (including phenoxy) is 1. The van der Waals surface area contributed by atoms with Gasteiger partial charge in [-0.3, -0.25) is 4.79 Å².